The Hall–Kier alpha value is -2.60. The lowest BCUT2D eigenvalue weighted by Crippen LogP contribution is -2.34. The molecule has 2 aromatic carbocycles. The lowest BCUT2D eigenvalue weighted by molar-refractivity contribution is 0.171. The van der Waals surface area contributed by atoms with Crippen molar-refractivity contribution in [3.05, 3.63) is 28.8 Å². The first kappa shape index (κ1) is 13.7. The summed E-state index contributed by atoms with van der Waals surface area (Å²) >= 11 is 0. The molecule has 0 spiro atoms. The van der Waals surface area contributed by atoms with Gasteiger partial charge in [0.15, 0.2) is 23.0 Å². The second-order valence-electron chi connectivity index (χ2n) is 6.69. The van der Waals surface area contributed by atoms with Crippen LogP contribution in [0.1, 0.15) is 22.7 Å². The highest BCUT2D eigenvalue weighted by atomic mass is 16.7. The Balaban J connectivity index is 1.71. The molecule has 0 radical (unpaired) electrons. The molecule has 6 rings (SSSR count). The van der Waals surface area contributed by atoms with Crippen molar-refractivity contribution in [1.29, 1.82) is 0 Å². The van der Waals surface area contributed by atoms with E-state index >= 15 is 0 Å². The van der Waals surface area contributed by atoms with Gasteiger partial charge >= 0.3 is 0 Å². The van der Waals surface area contributed by atoms with E-state index in [-0.39, 0.29) is 19.6 Å². The molecule has 6 heteroatoms. The van der Waals surface area contributed by atoms with Crippen molar-refractivity contribution in [2.75, 3.05) is 27.2 Å². The van der Waals surface area contributed by atoms with Crippen LogP contribution in [0.15, 0.2) is 12.1 Å². The van der Waals surface area contributed by atoms with E-state index in [2.05, 4.69) is 17.4 Å². The van der Waals surface area contributed by atoms with Crippen molar-refractivity contribution in [3.63, 3.8) is 0 Å². The molecule has 3 aliphatic heterocycles. The Morgan fingerprint density at radius 1 is 1.04 bits per heavy atom. The predicted octanol–water partition coefficient (Wildman–Crippen LogP) is 2.56. The van der Waals surface area contributed by atoms with Gasteiger partial charge in [0.05, 0.1) is 7.11 Å². The number of rotatable bonds is 1. The second kappa shape index (κ2) is 4.73. The van der Waals surface area contributed by atoms with Crippen molar-refractivity contribution < 1.29 is 23.7 Å². The quantitative estimate of drug-likeness (QED) is 0.862. The standard InChI is InChI=1S/C19H17NO5/c1-21-17-10-2-3-20-12-4-9-5-13-14(23-7-22-13)6-11(9)16(15(10)12)18-19(17)25-8-24-18/h5-6,12,20H,2-4,7-8H2,1H3/t12-/m1/s1. The van der Waals surface area contributed by atoms with Gasteiger partial charge in [-0.2, -0.15) is 0 Å². The first-order valence-corrected chi connectivity index (χ1v) is 8.53. The number of hydrogen-bond acceptors (Lipinski definition) is 6. The molecule has 1 atom stereocenters. The molecule has 1 aliphatic carbocycles. The summed E-state index contributed by atoms with van der Waals surface area (Å²) < 4.78 is 28.5. The summed E-state index contributed by atoms with van der Waals surface area (Å²) in [5, 5.41) is 3.64. The number of ether oxygens (including phenoxy) is 5. The van der Waals surface area contributed by atoms with E-state index < -0.39 is 0 Å². The van der Waals surface area contributed by atoms with Gasteiger partial charge in [-0.1, -0.05) is 0 Å². The summed E-state index contributed by atoms with van der Waals surface area (Å²) in [6.45, 7) is 1.42. The van der Waals surface area contributed by atoms with E-state index in [1.165, 1.54) is 16.7 Å². The SMILES string of the molecule is COc1c2c3c(c4c1OCO4)-c1cc4c(cc1C[C@H]3NCC2)OCO4. The normalized spacial score (nSPS) is 20.9. The first-order valence-electron chi connectivity index (χ1n) is 8.53. The second-order valence-corrected chi connectivity index (χ2v) is 6.69. The highest BCUT2D eigenvalue weighted by molar-refractivity contribution is 5.87. The molecule has 4 aliphatic rings. The van der Waals surface area contributed by atoms with Crippen LogP contribution < -0.4 is 29.0 Å². The maximum atomic E-state index is 5.89. The lowest BCUT2D eigenvalue weighted by atomic mass is 9.76. The largest absolute Gasteiger partial charge is 0.492 e. The van der Waals surface area contributed by atoms with E-state index in [1.54, 1.807) is 7.11 Å². The Morgan fingerprint density at radius 2 is 1.84 bits per heavy atom. The van der Waals surface area contributed by atoms with Gasteiger partial charge in [-0.3, -0.25) is 0 Å². The van der Waals surface area contributed by atoms with Crippen molar-refractivity contribution in [2.45, 2.75) is 18.9 Å². The van der Waals surface area contributed by atoms with Crippen LogP contribution in [0.2, 0.25) is 0 Å². The van der Waals surface area contributed by atoms with Crippen LogP contribution in [0.5, 0.6) is 28.7 Å². The van der Waals surface area contributed by atoms with Gasteiger partial charge in [0.25, 0.3) is 0 Å². The molecule has 0 saturated heterocycles. The smallest absolute Gasteiger partial charge is 0.231 e. The van der Waals surface area contributed by atoms with Crippen LogP contribution >= 0.6 is 0 Å². The molecule has 0 aromatic heterocycles. The molecule has 25 heavy (non-hydrogen) atoms. The lowest BCUT2D eigenvalue weighted by Gasteiger charge is -2.35. The molecule has 2 aromatic rings. The maximum Gasteiger partial charge on any atom is 0.231 e. The minimum atomic E-state index is 0.222. The number of nitrogens with one attached hydrogen (secondary N) is 1. The highest BCUT2D eigenvalue weighted by Gasteiger charge is 2.39. The summed E-state index contributed by atoms with van der Waals surface area (Å²) in [5.74, 6) is 3.94. The van der Waals surface area contributed by atoms with Crippen LogP contribution in [0.25, 0.3) is 11.1 Å². The Morgan fingerprint density at radius 3 is 2.72 bits per heavy atom. The minimum absolute atomic E-state index is 0.222. The topological polar surface area (TPSA) is 58.2 Å². The molecule has 0 fully saturated rings. The van der Waals surface area contributed by atoms with Crippen LogP contribution in [0.3, 0.4) is 0 Å². The average Bonchev–Trinajstić information content (AvgIpc) is 3.28. The number of benzene rings is 2. The summed E-state index contributed by atoms with van der Waals surface area (Å²) in [7, 11) is 1.70. The van der Waals surface area contributed by atoms with Gasteiger partial charge in [-0.15, -0.1) is 0 Å². The molecule has 0 amide bonds. The van der Waals surface area contributed by atoms with Crippen LogP contribution in [-0.2, 0) is 12.8 Å². The van der Waals surface area contributed by atoms with E-state index in [4.69, 9.17) is 23.7 Å². The van der Waals surface area contributed by atoms with Crippen molar-refractivity contribution >= 4 is 0 Å². The van der Waals surface area contributed by atoms with Crippen LogP contribution in [0.4, 0.5) is 0 Å². The minimum Gasteiger partial charge on any atom is -0.492 e. The van der Waals surface area contributed by atoms with Crippen molar-refractivity contribution in [2.24, 2.45) is 0 Å². The molecule has 1 N–H and O–H groups in total. The molecule has 128 valence electrons. The zero-order chi connectivity index (χ0) is 16.5. The Bertz CT molecular complexity index is 923. The summed E-state index contributed by atoms with van der Waals surface area (Å²) in [4.78, 5) is 0. The summed E-state index contributed by atoms with van der Waals surface area (Å²) in [6.07, 6.45) is 1.83. The molecule has 0 bridgehead atoms. The molecule has 0 unspecified atom stereocenters. The molecular weight excluding hydrogens is 322 g/mol. The van der Waals surface area contributed by atoms with Gasteiger partial charge in [0.1, 0.15) is 0 Å². The monoisotopic (exact) mass is 339 g/mol. The fraction of sp³-hybridized carbons (Fsp3) is 0.368. The van der Waals surface area contributed by atoms with Crippen molar-refractivity contribution in [1.82, 2.24) is 5.32 Å². The van der Waals surface area contributed by atoms with E-state index in [1.807, 2.05) is 0 Å². The van der Waals surface area contributed by atoms with E-state index in [0.29, 0.717) is 0 Å². The summed E-state index contributed by atoms with van der Waals surface area (Å²) in [5.41, 5.74) is 6.00. The maximum absolute atomic E-state index is 5.89. The van der Waals surface area contributed by atoms with Crippen LogP contribution in [-0.4, -0.2) is 27.2 Å². The van der Waals surface area contributed by atoms with Gasteiger partial charge < -0.3 is 29.0 Å². The summed E-state index contributed by atoms with van der Waals surface area (Å²) in [6, 6.07) is 4.42. The number of hydrogen-bond donors (Lipinski definition) is 1. The number of fused-ring (bicyclic) bond motifs is 5. The molecular formula is C19H17NO5. The van der Waals surface area contributed by atoms with Gasteiger partial charge in [0.2, 0.25) is 19.3 Å². The van der Waals surface area contributed by atoms with Crippen molar-refractivity contribution in [3.8, 4) is 39.9 Å². The van der Waals surface area contributed by atoms with E-state index in [0.717, 1.165) is 59.3 Å². The fourth-order valence-electron chi connectivity index (χ4n) is 4.53. The Labute approximate surface area is 144 Å². The van der Waals surface area contributed by atoms with Crippen LogP contribution in [0, 0.1) is 0 Å². The predicted molar refractivity (Wildman–Crippen MR) is 88.8 cm³/mol. The zero-order valence-electron chi connectivity index (χ0n) is 13.8. The van der Waals surface area contributed by atoms with E-state index in [9.17, 15) is 0 Å². The zero-order valence-corrected chi connectivity index (χ0v) is 13.8. The first-order chi connectivity index (χ1) is 12.3. The third kappa shape index (κ3) is 1.67. The molecule has 6 nitrogen and oxygen atoms in total. The number of methoxy groups -OCH3 is 1. The average molecular weight is 339 g/mol. The fourth-order valence-corrected chi connectivity index (χ4v) is 4.53. The van der Waals surface area contributed by atoms with Gasteiger partial charge in [-0.25, -0.2) is 0 Å². The third-order valence-corrected chi connectivity index (χ3v) is 5.52. The van der Waals surface area contributed by atoms with Gasteiger partial charge in [-0.05, 0) is 48.2 Å². The third-order valence-electron chi connectivity index (χ3n) is 5.52. The Kier molecular flexibility index (Phi) is 2.58. The molecule has 0 saturated carbocycles. The van der Waals surface area contributed by atoms with Gasteiger partial charge in [0, 0.05) is 17.2 Å². The molecule has 3 heterocycles. The highest BCUT2D eigenvalue weighted by Crippen LogP contribution is 2.58.